The van der Waals surface area contributed by atoms with E-state index in [0.717, 1.165) is 50.3 Å². The summed E-state index contributed by atoms with van der Waals surface area (Å²) in [6.07, 6.45) is 0. The highest BCUT2D eigenvalue weighted by atomic mass is 15.0. The van der Waals surface area contributed by atoms with Gasteiger partial charge in [0.25, 0.3) is 0 Å². The van der Waals surface area contributed by atoms with Gasteiger partial charge in [0.15, 0.2) is 23.3 Å². The van der Waals surface area contributed by atoms with Crippen LogP contribution in [0.2, 0.25) is 0 Å². The fourth-order valence-electron chi connectivity index (χ4n) is 10.1. The molecule has 0 N–H and O–H groups in total. The number of hydrogen-bond acceptors (Lipinski definition) is 5. The normalized spacial score (nSPS) is 14.4. The molecule has 9 aromatic carbocycles. The lowest BCUT2D eigenvalue weighted by molar-refractivity contribution is 0.755. The lowest BCUT2D eigenvalue weighted by atomic mass is 9.60. The van der Waals surface area contributed by atoms with Crippen molar-refractivity contribution in [3.63, 3.8) is 0 Å². The van der Waals surface area contributed by atoms with Gasteiger partial charge in [-0.3, -0.25) is 0 Å². The van der Waals surface area contributed by atoms with Crippen molar-refractivity contribution in [3.05, 3.63) is 258 Å². The van der Waals surface area contributed by atoms with E-state index in [1.165, 1.54) is 49.7 Å². The van der Waals surface area contributed by atoms with E-state index in [2.05, 4.69) is 170 Å². The molecule has 5 heteroatoms. The molecule has 2 aromatic heterocycles. The molecule has 2 unspecified atom stereocenters. The predicted octanol–water partition coefficient (Wildman–Crippen LogP) is 14.5. The zero-order chi connectivity index (χ0) is 43.6. The molecular formula is C61H39N5. The second-order valence-corrected chi connectivity index (χ2v) is 17.2. The minimum atomic E-state index is 0.0879. The third-order valence-electron chi connectivity index (χ3n) is 13.3. The van der Waals surface area contributed by atoms with Crippen LogP contribution in [0.15, 0.2) is 224 Å². The molecule has 308 valence electrons. The molecule has 2 heterocycles. The Morgan fingerprint density at radius 2 is 0.606 bits per heavy atom. The van der Waals surface area contributed by atoms with Gasteiger partial charge in [0, 0.05) is 45.2 Å². The van der Waals surface area contributed by atoms with Crippen molar-refractivity contribution in [3.8, 4) is 79.2 Å². The van der Waals surface area contributed by atoms with Crippen molar-refractivity contribution >= 4 is 10.8 Å². The minimum absolute atomic E-state index is 0.0879. The van der Waals surface area contributed by atoms with E-state index in [1.807, 2.05) is 54.6 Å². The second-order valence-electron chi connectivity index (χ2n) is 17.2. The minimum Gasteiger partial charge on any atom is -0.228 e. The van der Waals surface area contributed by atoms with Crippen LogP contribution in [0.3, 0.4) is 0 Å². The standard InChI is InChI=1S/C61H39N5/c1-4-15-41(16-5-1)58-62-54(37-55(63-58)46-29-26-38-14-10-11-21-44(38)34-46)40-27-24-39(25-28-40)45-30-32-50-52(35-45)56-48-22-12-13-23-49(48)57(50)53-36-47(31-33-51(53)56)61-65-59(42-17-6-2-7-18-42)64-60(66-61)43-19-8-3-9-20-43/h1-37,56-57H. The molecule has 66 heavy (non-hydrogen) atoms. The Labute approximate surface area is 382 Å². The maximum Gasteiger partial charge on any atom is 0.164 e. The average molecular weight is 842 g/mol. The first kappa shape index (κ1) is 37.8. The van der Waals surface area contributed by atoms with Gasteiger partial charge in [0.1, 0.15) is 0 Å². The van der Waals surface area contributed by atoms with Crippen LogP contribution in [0, 0.1) is 0 Å². The monoisotopic (exact) mass is 841 g/mol. The van der Waals surface area contributed by atoms with Crippen molar-refractivity contribution in [2.24, 2.45) is 0 Å². The van der Waals surface area contributed by atoms with Crippen LogP contribution in [0.25, 0.3) is 90.0 Å². The quantitative estimate of drug-likeness (QED) is 0.160. The summed E-state index contributed by atoms with van der Waals surface area (Å²) < 4.78 is 0. The van der Waals surface area contributed by atoms with Gasteiger partial charge in [-0.1, -0.05) is 200 Å². The molecule has 0 amide bonds. The SMILES string of the molecule is c1ccc(-c2nc(-c3ccc(-c4ccc5c(c4)C4c6ccccc6C5c5cc(-c6nc(-c7ccccc7)nc(-c7ccccc7)n6)ccc54)cc3)cc(-c3ccc4ccccc4c3)n2)cc1. The fourth-order valence-corrected chi connectivity index (χ4v) is 10.1. The Balaban J connectivity index is 0.867. The maximum absolute atomic E-state index is 5.13. The van der Waals surface area contributed by atoms with Gasteiger partial charge in [-0.05, 0) is 79.5 Å². The summed E-state index contributed by atoms with van der Waals surface area (Å²) in [5, 5.41) is 2.39. The van der Waals surface area contributed by atoms with E-state index < -0.39 is 0 Å². The van der Waals surface area contributed by atoms with Gasteiger partial charge >= 0.3 is 0 Å². The second kappa shape index (κ2) is 15.5. The Kier molecular flexibility index (Phi) is 8.91. The van der Waals surface area contributed by atoms with Crippen LogP contribution in [0.5, 0.6) is 0 Å². The molecule has 2 bridgehead atoms. The summed E-state index contributed by atoms with van der Waals surface area (Å²) in [5.41, 5.74) is 18.2. The summed E-state index contributed by atoms with van der Waals surface area (Å²) in [5.74, 6) is 2.89. The lowest BCUT2D eigenvalue weighted by Crippen LogP contribution is -2.27. The molecular weight excluding hydrogens is 803 g/mol. The van der Waals surface area contributed by atoms with Crippen LogP contribution in [-0.4, -0.2) is 24.9 Å². The largest absolute Gasteiger partial charge is 0.228 e. The number of nitrogens with zero attached hydrogens (tertiary/aromatic N) is 5. The van der Waals surface area contributed by atoms with Crippen LogP contribution < -0.4 is 0 Å². The zero-order valence-electron chi connectivity index (χ0n) is 35.8. The Bertz CT molecular complexity index is 3590. The number of fused-ring (bicyclic) bond motifs is 1. The van der Waals surface area contributed by atoms with E-state index >= 15 is 0 Å². The number of hydrogen-bond donors (Lipinski definition) is 0. The summed E-state index contributed by atoms with van der Waals surface area (Å²) in [6, 6.07) is 79.5. The molecule has 0 fully saturated rings. The Hall–Kier alpha value is -8.67. The Morgan fingerprint density at radius 3 is 1.18 bits per heavy atom. The smallest absolute Gasteiger partial charge is 0.164 e. The van der Waals surface area contributed by atoms with Gasteiger partial charge < -0.3 is 0 Å². The van der Waals surface area contributed by atoms with Crippen molar-refractivity contribution in [1.29, 1.82) is 0 Å². The topological polar surface area (TPSA) is 64.5 Å². The van der Waals surface area contributed by atoms with Gasteiger partial charge in [-0.15, -0.1) is 0 Å². The van der Waals surface area contributed by atoms with Crippen molar-refractivity contribution < 1.29 is 0 Å². The van der Waals surface area contributed by atoms with Gasteiger partial charge in [0.2, 0.25) is 0 Å². The van der Waals surface area contributed by atoms with Crippen molar-refractivity contribution in [2.75, 3.05) is 0 Å². The van der Waals surface area contributed by atoms with Gasteiger partial charge in [0.05, 0.1) is 11.4 Å². The number of aromatic nitrogens is 5. The van der Waals surface area contributed by atoms with Crippen LogP contribution in [0.1, 0.15) is 45.2 Å². The molecule has 0 aliphatic heterocycles. The third-order valence-corrected chi connectivity index (χ3v) is 13.3. The zero-order valence-corrected chi connectivity index (χ0v) is 35.8. The number of benzene rings is 9. The highest BCUT2D eigenvalue weighted by Gasteiger charge is 2.41. The van der Waals surface area contributed by atoms with E-state index in [0.29, 0.717) is 23.3 Å². The van der Waals surface area contributed by atoms with Crippen LogP contribution in [-0.2, 0) is 0 Å². The fraction of sp³-hybridized carbons (Fsp3) is 0.0328. The molecule has 0 radical (unpaired) electrons. The van der Waals surface area contributed by atoms with E-state index in [1.54, 1.807) is 0 Å². The first-order valence-electron chi connectivity index (χ1n) is 22.5. The highest BCUT2D eigenvalue weighted by Crippen LogP contribution is 2.56. The number of rotatable bonds is 7. The van der Waals surface area contributed by atoms with Crippen LogP contribution in [0.4, 0.5) is 0 Å². The molecule has 0 spiro atoms. The highest BCUT2D eigenvalue weighted by molar-refractivity contribution is 5.87. The third kappa shape index (κ3) is 6.51. The molecule has 0 saturated heterocycles. The van der Waals surface area contributed by atoms with E-state index in [9.17, 15) is 0 Å². The summed E-state index contributed by atoms with van der Waals surface area (Å²) in [4.78, 5) is 25.3. The lowest BCUT2D eigenvalue weighted by Gasteiger charge is -2.42. The molecule has 5 nitrogen and oxygen atoms in total. The molecule has 3 aliphatic carbocycles. The van der Waals surface area contributed by atoms with Crippen molar-refractivity contribution in [2.45, 2.75) is 11.8 Å². The molecule has 3 aliphatic rings. The maximum atomic E-state index is 5.13. The first-order chi connectivity index (χ1) is 32.7. The summed E-state index contributed by atoms with van der Waals surface area (Å²) in [7, 11) is 0. The predicted molar refractivity (Wildman–Crippen MR) is 266 cm³/mol. The van der Waals surface area contributed by atoms with Gasteiger partial charge in [-0.25, -0.2) is 24.9 Å². The molecule has 14 rings (SSSR count). The molecule has 0 saturated carbocycles. The molecule has 11 aromatic rings. The molecule has 2 atom stereocenters. The van der Waals surface area contributed by atoms with Crippen LogP contribution >= 0.6 is 0 Å². The first-order valence-corrected chi connectivity index (χ1v) is 22.5. The summed E-state index contributed by atoms with van der Waals surface area (Å²) in [6.45, 7) is 0. The van der Waals surface area contributed by atoms with Gasteiger partial charge in [-0.2, -0.15) is 0 Å². The van der Waals surface area contributed by atoms with Crippen molar-refractivity contribution in [1.82, 2.24) is 24.9 Å². The van der Waals surface area contributed by atoms with E-state index in [-0.39, 0.29) is 11.8 Å². The summed E-state index contributed by atoms with van der Waals surface area (Å²) >= 11 is 0. The van der Waals surface area contributed by atoms with E-state index in [4.69, 9.17) is 24.9 Å². The Morgan fingerprint density at radius 1 is 0.212 bits per heavy atom. The average Bonchev–Trinajstić information content (AvgIpc) is 3.40.